The molecule has 0 spiro atoms. The average Bonchev–Trinajstić information content (AvgIpc) is 1.98. The first-order valence-corrected chi connectivity index (χ1v) is 4.48. The molecule has 0 aromatic carbocycles. The maximum atomic E-state index is 4.09. The highest BCUT2D eigenvalue weighted by molar-refractivity contribution is 7.98. The van der Waals surface area contributed by atoms with Gasteiger partial charge in [0.25, 0.3) is 0 Å². The minimum absolute atomic E-state index is 0.834. The lowest BCUT2D eigenvalue weighted by Gasteiger charge is -1.85. The van der Waals surface area contributed by atoms with E-state index in [-0.39, 0.29) is 0 Å². The van der Waals surface area contributed by atoms with Gasteiger partial charge in [0.05, 0.1) is 5.88 Å². The van der Waals surface area contributed by atoms with Gasteiger partial charge in [0.15, 0.2) is 0 Å². The molecule has 0 atom stereocenters. The smallest absolute Gasteiger partial charge is 0.0841 e. The minimum atomic E-state index is 0.834. The molecule has 0 fully saturated rings. The molecule has 0 heterocycles. The predicted molar refractivity (Wildman–Crippen MR) is 50.8 cm³/mol. The topological polar surface area (TPSA) is 12.4 Å². The van der Waals surface area contributed by atoms with Crippen molar-refractivity contribution in [2.45, 2.75) is 6.92 Å². The molecular weight excluding hydrogens is 142 g/mol. The van der Waals surface area contributed by atoms with Gasteiger partial charge in [-0.3, -0.25) is 4.99 Å². The first-order valence-electron chi connectivity index (χ1n) is 3.09. The van der Waals surface area contributed by atoms with Gasteiger partial charge in [0, 0.05) is 6.21 Å². The number of hydrogen-bond acceptors (Lipinski definition) is 2. The molecule has 0 aromatic rings. The summed E-state index contributed by atoms with van der Waals surface area (Å²) in [6.07, 6.45) is 7.60. The SMILES string of the molecule is C=C/C(C)=C\C=N/CSC. The van der Waals surface area contributed by atoms with Crippen LogP contribution in [-0.2, 0) is 0 Å². The number of hydrogen-bond donors (Lipinski definition) is 0. The lowest BCUT2D eigenvalue weighted by atomic mass is 10.3. The summed E-state index contributed by atoms with van der Waals surface area (Å²) in [4.78, 5) is 4.09. The van der Waals surface area contributed by atoms with E-state index in [0.717, 1.165) is 11.4 Å². The van der Waals surface area contributed by atoms with Gasteiger partial charge in [-0.15, -0.1) is 11.8 Å². The molecule has 1 nitrogen and oxygen atoms in total. The van der Waals surface area contributed by atoms with Crippen LogP contribution in [0.1, 0.15) is 6.92 Å². The van der Waals surface area contributed by atoms with Gasteiger partial charge in [-0.1, -0.05) is 18.2 Å². The van der Waals surface area contributed by atoms with Crippen LogP contribution in [0.3, 0.4) is 0 Å². The lowest BCUT2D eigenvalue weighted by molar-refractivity contribution is 1.40. The van der Waals surface area contributed by atoms with Gasteiger partial charge in [-0.25, -0.2) is 0 Å². The Hall–Kier alpha value is -0.500. The highest BCUT2D eigenvalue weighted by Crippen LogP contribution is 1.92. The largest absolute Gasteiger partial charge is 0.282 e. The Morgan fingerprint density at radius 3 is 2.90 bits per heavy atom. The molecule has 56 valence electrons. The normalized spacial score (nSPS) is 12.4. The van der Waals surface area contributed by atoms with Crippen molar-refractivity contribution in [2.75, 3.05) is 12.1 Å². The zero-order valence-electron chi connectivity index (χ0n) is 6.50. The molecule has 0 aliphatic heterocycles. The first kappa shape index (κ1) is 9.50. The summed E-state index contributed by atoms with van der Waals surface area (Å²) in [6.45, 7) is 5.62. The van der Waals surface area contributed by atoms with Crippen LogP contribution in [0, 0.1) is 0 Å². The zero-order valence-corrected chi connectivity index (χ0v) is 7.32. The minimum Gasteiger partial charge on any atom is -0.282 e. The van der Waals surface area contributed by atoms with Crippen molar-refractivity contribution in [1.82, 2.24) is 0 Å². The molecule has 0 unspecified atom stereocenters. The number of nitrogens with zero attached hydrogens (tertiary/aromatic N) is 1. The Morgan fingerprint density at radius 1 is 1.70 bits per heavy atom. The van der Waals surface area contributed by atoms with Crippen LogP contribution in [0.4, 0.5) is 0 Å². The van der Waals surface area contributed by atoms with E-state index >= 15 is 0 Å². The van der Waals surface area contributed by atoms with Crippen molar-refractivity contribution >= 4 is 18.0 Å². The van der Waals surface area contributed by atoms with Gasteiger partial charge < -0.3 is 0 Å². The molecule has 2 heteroatoms. The van der Waals surface area contributed by atoms with Crippen molar-refractivity contribution in [3.05, 3.63) is 24.3 Å². The van der Waals surface area contributed by atoms with Crippen LogP contribution in [0.5, 0.6) is 0 Å². The van der Waals surface area contributed by atoms with E-state index in [2.05, 4.69) is 11.6 Å². The van der Waals surface area contributed by atoms with E-state index in [1.54, 1.807) is 11.8 Å². The Balaban J connectivity index is 3.59. The summed E-state index contributed by atoms with van der Waals surface area (Å²) in [5.41, 5.74) is 1.14. The third-order valence-electron chi connectivity index (χ3n) is 0.968. The van der Waals surface area contributed by atoms with Crippen LogP contribution >= 0.6 is 11.8 Å². The molecule has 0 N–H and O–H groups in total. The second-order valence-electron chi connectivity index (χ2n) is 1.86. The summed E-state index contributed by atoms with van der Waals surface area (Å²) in [5, 5.41) is 0. The number of aliphatic imine (C=N–C) groups is 1. The fourth-order valence-corrected chi connectivity index (χ4v) is 0.591. The molecule has 0 radical (unpaired) electrons. The molecule has 0 amide bonds. The third kappa shape index (κ3) is 5.63. The second kappa shape index (κ2) is 6.62. The van der Waals surface area contributed by atoms with Gasteiger partial charge in [-0.2, -0.15) is 0 Å². The molecular formula is C8H13NS. The molecule has 0 aliphatic rings. The van der Waals surface area contributed by atoms with Gasteiger partial charge >= 0.3 is 0 Å². The standard InChI is InChI=1S/C8H13NS/c1-4-8(2)5-6-9-7-10-3/h4-6H,1,7H2,2-3H3/b8-5-,9-6-. The average molecular weight is 155 g/mol. The second-order valence-corrected chi connectivity index (χ2v) is 2.70. The molecule has 0 rings (SSSR count). The molecule has 0 saturated heterocycles. The van der Waals surface area contributed by atoms with Crippen LogP contribution in [0.25, 0.3) is 0 Å². The Kier molecular flexibility index (Phi) is 6.29. The summed E-state index contributed by atoms with van der Waals surface area (Å²) in [6, 6.07) is 0. The van der Waals surface area contributed by atoms with Crippen molar-refractivity contribution in [3.63, 3.8) is 0 Å². The first-order chi connectivity index (χ1) is 4.81. The number of thioether (sulfide) groups is 1. The highest BCUT2D eigenvalue weighted by Gasteiger charge is 1.74. The molecule has 0 bridgehead atoms. The fraction of sp³-hybridized carbons (Fsp3) is 0.375. The van der Waals surface area contributed by atoms with Crippen molar-refractivity contribution < 1.29 is 0 Å². The summed E-state index contributed by atoms with van der Waals surface area (Å²) in [7, 11) is 0. The van der Waals surface area contributed by atoms with Crippen LogP contribution in [0.15, 0.2) is 29.3 Å². The van der Waals surface area contributed by atoms with E-state index in [4.69, 9.17) is 0 Å². The van der Waals surface area contributed by atoms with Crippen molar-refractivity contribution in [2.24, 2.45) is 4.99 Å². The number of rotatable bonds is 4. The van der Waals surface area contributed by atoms with Crippen molar-refractivity contribution in [3.8, 4) is 0 Å². The van der Waals surface area contributed by atoms with E-state index < -0.39 is 0 Å². The van der Waals surface area contributed by atoms with Crippen molar-refractivity contribution in [1.29, 1.82) is 0 Å². The molecule has 0 aliphatic carbocycles. The quantitative estimate of drug-likeness (QED) is 0.449. The van der Waals surface area contributed by atoms with Gasteiger partial charge in [0.2, 0.25) is 0 Å². The monoisotopic (exact) mass is 155 g/mol. The van der Waals surface area contributed by atoms with Gasteiger partial charge in [-0.05, 0) is 19.3 Å². The Labute approximate surface area is 66.9 Å². The maximum absolute atomic E-state index is 4.09. The van der Waals surface area contributed by atoms with E-state index in [1.807, 2.05) is 31.5 Å². The third-order valence-corrected chi connectivity index (χ3v) is 1.38. The molecule has 10 heavy (non-hydrogen) atoms. The zero-order chi connectivity index (χ0) is 7.82. The van der Waals surface area contributed by atoms with Crippen LogP contribution in [-0.4, -0.2) is 18.3 Å². The van der Waals surface area contributed by atoms with E-state index in [0.29, 0.717) is 0 Å². The predicted octanol–water partition coefficient (Wildman–Crippen LogP) is 2.51. The van der Waals surface area contributed by atoms with Crippen LogP contribution < -0.4 is 0 Å². The van der Waals surface area contributed by atoms with Gasteiger partial charge in [0.1, 0.15) is 0 Å². The van der Waals surface area contributed by atoms with Crippen LogP contribution in [0.2, 0.25) is 0 Å². The highest BCUT2D eigenvalue weighted by atomic mass is 32.2. The Morgan fingerprint density at radius 2 is 2.40 bits per heavy atom. The Bertz CT molecular complexity index is 147. The molecule has 0 aromatic heterocycles. The summed E-state index contributed by atoms with van der Waals surface area (Å²) >= 11 is 1.71. The number of allylic oxidation sites excluding steroid dienone is 3. The lowest BCUT2D eigenvalue weighted by Crippen LogP contribution is -1.72. The molecule has 0 saturated carbocycles. The summed E-state index contributed by atoms with van der Waals surface area (Å²) in [5.74, 6) is 0.834. The van der Waals surface area contributed by atoms with E-state index in [9.17, 15) is 0 Å². The fourth-order valence-electron chi connectivity index (χ4n) is 0.356. The summed E-state index contributed by atoms with van der Waals surface area (Å²) < 4.78 is 0. The maximum Gasteiger partial charge on any atom is 0.0841 e. The van der Waals surface area contributed by atoms with E-state index in [1.165, 1.54) is 0 Å².